The first-order chi connectivity index (χ1) is 13.5. The molecule has 2 unspecified atom stereocenters. The molecule has 0 bridgehead atoms. The van der Waals surface area contributed by atoms with Gasteiger partial charge in [-0.25, -0.2) is 0 Å². The molecular formula is C22H28O6. The van der Waals surface area contributed by atoms with Gasteiger partial charge in [-0.15, -0.1) is 0 Å². The minimum absolute atomic E-state index is 0.175. The topological polar surface area (TPSA) is 77.4 Å². The molecular weight excluding hydrogens is 360 g/mol. The number of hydrogen-bond acceptors (Lipinski definition) is 6. The zero-order chi connectivity index (χ0) is 20.3. The maximum absolute atomic E-state index is 9.76. The van der Waals surface area contributed by atoms with Gasteiger partial charge in [-0.2, -0.15) is 0 Å². The Balaban J connectivity index is 2.32. The highest BCUT2D eigenvalue weighted by atomic mass is 16.5. The fourth-order valence-electron chi connectivity index (χ4n) is 3.44. The van der Waals surface area contributed by atoms with E-state index >= 15 is 0 Å². The van der Waals surface area contributed by atoms with Crippen molar-refractivity contribution >= 4 is 10.8 Å². The lowest BCUT2D eigenvalue weighted by Gasteiger charge is -2.25. The Morgan fingerprint density at radius 2 is 1.43 bits per heavy atom. The van der Waals surface area contributed by atoms with Crippen molar-refractivity contribution in [2.24, 2.45) is 0 Å². The second kappa shape index (κ2) is 8.71. The quantitative estimate of drug-likeness (QED) is 0.677. The Morgan fingerprint density at radius 3 is 1.96 bits per heavy atom. The smallest absolute Gasteiger partial charge is 0.135 e. The largest absolute Gasteiger partial charge is 0.497 e. The van der Waals surface area contributed by atoms with E-state index in [1.165, 1.54) is 0 Å². The highest BCUT2D eigenvalue weighted by Gasteiger charge is 2.26. The van der Waals surface area contributed by atoms with Crippen LogP contribution in [0.15, 0.2) is 24.3 Å². The summed E-state index contributed by atoms with van der Waals surface area (Å²) < 4.78 is 23.2. The lowest BCUT2D eigenvalue weighted by atomic mass is 9.90. The van der Waals surface area contributed by atoms with Gasteiger partial charge in [-0.05, 0) is 32.8 Å². The Hall–Kier alpha value is -2.44. The molecule has 2 N–H and O–H groups in total. The van der Waals surface area contributed by atoms with E-state index < -0.39 is 12.2 Å². The number of allylic oxidation sites excluding steroid dienone is 2. The number of ether oxygens (including phenoxy) is 4. The Labute approximate surface area is 165 Å². The van der Waals surface area contributed by atoms with Crippen LogP contribution in [0.5, 0.6) is 23.0 Å². The number of hydrogen-bond donors (Lipinski definition) is 2. The molecule has 0 saturated carbocycles. The summed E-state index contributed by atoms with van der Waals surface area (Å²) in [4.78, 5) is 0. The van der Waals surface area contributed by atoms with Crippen LogP contribution in [0.25, 0.3) is 10.8 Å². The highest BCUT2D eigenvalue weighted by Crippen LogP contribution is 2.48. The standard InChI is InChI=1S/C22H28O6/c1-13(23)11-27-21-16-7-5-6-8-17(16)22(28-12-14(2)24)20-18(21)9-15(25-3)10-19(20)26-4/h5-6,9-10,13-14,23-24H,7-8,11-12H2,1-4H3. The number of fused-ring (bicyclic) bond motifs is 2. The number of methoxy groups -OCH3 is 2. The van der Waals surface area contributed by atoms with Gasteiger partial charge in [0.15, 0.2) is 0 Å². The first-order valence-corrected chi connectivity index (χ1v) is 9.46. The van der Waals surface area contributed by atoms with E-state index in [1.807, 2.05) is 6.07 Å². The average molecular weight is 388 g/mol. The second-order valence-electron chi connectivity index (χ2n) is 7.07. The zero-order valence-electron chi connectivity index (χ0n) is 16.8. The lowest BCUT2D eigenvalue weighted by molar-refractivity contribution is 0.121. The molecule has 0 heterocycles. The third-order valence-corrected chi connectivity index (χ3v) is 4.66. The van der Waals surface area contributed by atoms with E-state index in [4.69, 9.17) is 18.9 Å². The first kappa shape index (κ1) is 20.3. The van der Waals surface area contributed by atoms with Crippen molar-refractivity contribution in [3.05, 3.63) is 35.4 Å². The summed E-state index contributed by atoms with van der Waals surface area (Å²) >= 11 is 0. The summed E-state index contributed by atoms with van der Waals surface area (Å²) in [5, 5.41) is 21.1. The van der Waals surface area contributed by atoms with Crippen LogP contribution in [0.1, 0.15) is 25.0 Å². The SMILES string of the molecule is COc1cc(OC)c2c(OCC(C)O)c3c(c(OCC(C)O)c2c1)CC=CC3. The summed E-state index contributed by atoms with van der Waals surface area (Å²) in [7, 11) is 3.20. The van der Waals surface area contributed by atoms with Crippen molar-refractivity contribution in [1.29, 1.82) is 0 Å². The number of aliphatic hydroxyl groups is 2. The van der Waals surface area contributed by atoms with E-state index in [2.05, 4.69) is 12.2 Å². The molecule has 152 valence electrons. The zero-order valence-corrected chi connectivity index (χ0v) is 16.8. The fraction of sp³-hybridized carbons (Fsp3) is 0.455. The van der Waals surface area contributed by atoms with Crippen LogP contribution >= 0.6 is 0 Å². The first-order valence-electron chi connectivity index (χ1n) is 9.46. The van der Waals surface area contributed by atoms with Crippen molar-refractivity contribution in [3.63, 3.8) is 0 Å². The molecule has 0 aliphatic heterocycles. The van der Waals surface area contributed by atoms with E-state index in [0.29, 0.717) is 35.8 Å². The highest BCUT2D eigenvalue weighted by molar-refractivity contribution is 6.01. The average Bonchev–Trinajstić information content (AvgIpc) is 2.69. The third-order valence-electron chi connectivity index (χ3n) is 4.66. The molecule has 3 rings (SSSR count). The van der Waals surface area contributed by atoms with Crippen molar-refractivity contribution in [2.45, 2.75) is 38.9 Å². The van der Waals surface area contributed by atoms with Crippen LogP contribution in [0.2, 0.25) is 0 Å². The van der Waals surface area contributed by atoms with Crippen molar-refractivity contribution in [3.8, 4) is 23.0 Å². The van der Waals surface area contributed by atoms with Gasteiger partial charge in [0.1, 0.15) is 36.2 Å². The van der Waals surface area contributed by atoms with Gasteiger partial charge in [-0.3, -0.25) is 0 Å². The van der Waals surface area contributed by atoms with E-state index in [9.17, 15) is 10.2 Å². The summed E-state index contributed by atoms with van der Waals surface area (Å²) in [6.07, 6.45) is 4.40. The maximum atomic E-state index is 9.76. The third kappa shape index (κ3) is 4.03. The molecule has 0 aromatic heterocycles. The van der Waals surface area contributed by atoms with Gasteiger partial charge in [0.2, 0.25) is 0 Å². The van der Waals surface area contributed by atoms with Gasteiger partial charge >= 0.3 is 0 Å². The number of aliphatic hydroxyl groups excluding tert-OH is 2. The molecule has 0 fully saturated rings. The van der Waals surface area contributed by atoms with Gasteiger partial charge in [0.05, 0.1) is 31.8 Å². The molecule has 28 heavy (non-hydrogen) atoms. The van der Waals surface area contributed by atoms with Gasteiger partial charge in [-0.1, -0.05) is 12.2 Å². The summed E-state index contributed by atoms with van der Waals surface area (Å²) in [5.41, 5.74) is 2.03. The molecule has 6 nitrogen and oxygen atoms in total. The predicted octanol–water partition coefficient (Wildman–Crippen LogP) is 3.03. The normalized spacial score (nSPS) is 15.1. The van der Waals surface area contributed by atoms with Gasteiger partial charge < -0.3 is 29.2 Å². The fourth-order valence-corrected chi connectivity index (χ4v) is 3.44. The summed E-state index contributed by atoms with van der Waals surface area (Å²) in [6, 6.07) is 3.70. The van der Waals surface area contributed by atoms with E-state index in [-0.39, 0.29) is 13.2 Å². The van der Waals surface area contributed by atoms with Crippen LogP contribution in [0, 0.1) is 0 Å². The lowest BCUT2D eigenvalue weighted by Crippen LogP contribution is -2.17. The predicted molar refractivity (Wildman–Crippen MR) is 108 cm³/mol. The van der Waals surface area contributed by atoms with Crippen molar-refractivity contribution < 1.29 is 29.2 Å². The molecule has 2 atom stereocenters. The molecule has 2 aromatic rings. The monoisotopic (exact) mass is 388 g/mol. The van der Waals surface area contributed by atoms with E-state index in [0.717, 1.165) is 21.9 Å². The Bertz CT molecular complexity index is 869. The molecule has 1 aliphatic rings. The van der Waals surface area contributed by atoms with Crippen LogP contribution in [-0.4, -0.2) is 49.9 Å². The summed E-state index contributed by atoms with van der Waals surface area (Å²) in [6.45, 7) is 3.73. The maximum Gasteiger partial charge on any atom is 0.135 e. The molecule has 0 amide bonds. The molecule has 2 aromatic carbocycles. The number of rotatable bonds is 8. The van der Waals surface area contributed by atoms with Crippen molar-refractivity contribution in [1.82, 2.24) is 0 Å². The molecule has 0 saturated heterocycles. The molecule has 0 spiro atoms. The second-order valence-corrected chi connectivity index (χ2v) is 7.07. The van der Waals surface area contributed by atoms with Crippen LogP contribution < -0.4 is 18.9 Å². The molecule has 1 aliphatic carbocycles. The van der Waals surface area contributed by atoms with Gasteiger partial charge in [0, 0.05) is 22.6 Å². The number of benzene rings is 2. The van der Waals surface area contributed by atoms with Crippen LogP contribution in [0.4, 0.5) is 0 Å². The van der Waals surface area contributed by atoms with Crippen LogP contribution in [-0.2, 0) is 12.8 Å². The van der Waals surface area contributed by atoms with Gasteiger partial charge in [0.25, 0.3) is 0 Å². The summed E-state index contributed by atoms with van der Waals surface area (Å²) in [5.74, 6) is 2.64. The van der Waals surface area contributed by atoms with Crippen molar-refractivity contribution in [2.75, 3.05) is 27.4 Å². The minimum Gasteiger partial charge on any atom is -0.497 e. The Morgan fingerprint density at radius 1 is 0.857 bits per heavy atom. The van der Waals surface area contributed by atoms with E-state index in [1.54, 1.807) is 34.1 Å². The minimum atomic E-state index is -0.597. The molecule has 6 heteroatoms. The van der Waals surface area contributed by atoms with Crippen LogP contribution in [0.3, 0.4) is 0 Å². The Kier molecular flexibility index (Phi) is 6.31. The molecule has 0 radical (unpaired) electrons.